The van der Waals surface area contributed by atoms with E-state index >= 15 is 0 Å². The van der Waals surface area contributed by atoms with Crippen molar-refractivity contribution in [3.8, 4) is 12.1 Å². The lowest BCUT2D eigenvalue weighted by molar-refractivity contribution is 0.107. The van der Waals surface area contributed by atoms with Crippen molar-refractivity contribution in [2.24, 2.45) is 5.10 Å². The van der Waals surface area contributed by atoms with Crippen LogP contribution in [-0.4, -0.2) is 11.0 Å². The van der Waals surface area contributed by atoms with Gasteiger partial charge in [-0.15, -0.1) is 0 Å². The largest absolute Gasteiger partial charge is 0.276 e. The first-order valence-corrected chi connectivity index (χ1v) is 4.59. The molecule has 5 nitrogen and oxygen atoms in total. The average Bonchev–Trinajstić information content (AvgIpc) is 2.32. The topological polar surface area (TPSA) is 89.0 Å². The van der Waals surface area contributed by atoms with Crippen LogP contribution in [0.15, 0.2) is 23.3 Å². The predicted molar refractivity (Wildman–Crippen MR) is 58.9 cm³/mol. The second kappa shape index (κ2) is 5.59. The summed E-state index contributed by atoms with van der Waals surface area (Å²) in [5.41, 5.74) is 1.86. The number of hydrogen-bond donors (Lipinski definition) is 1. The van der Waals surface area contributed by atoms with Crippen LogP contribution in [0.5, 0.6) is 0 Å². The molecule has 1 aromatic rings. The highest BCUT2D eigenvalue weighted by atomic mass is 35.5. The number of halogens is 2. The molecule has 0 heterocycles. The molecule has 1 aromatic carbocycles. The van der Waals surface area contributed by atoms with E-state index in [1.165, 1.54) is 18.2 Å². The molecule has 0 amide bonds. The number of anilines is 1. The number of rotatable bonds is 3. The molecular formula is C10H4ClFN4O. The Morgan fingerprint density at radius 3 is 2.59 bits per heavy atom. The number of nitrogens with one attached hydrogen (secondary N) is 1. The maximum Gasteiger partial charge on any atom is 0.255 e. The van der Waals surface area contributed by atoms with Gasteiger partial charge in [0, 0.05) is 0 Å². The molecule has 0 radical (unpaired) electrons. The minimum Gasteiger partial charge on any atom is -0.276 e. The Labute approximate surface area is 101 Å². The van der Waals surface area contributed by atoms with Crippen LogP contribution < -0.4 is 5.43 Å². The first-order valence-electron chi connectivity index (χ1n) is 4.21. The van der Waals surface area contributed by atoms with Gasteiger partial charge in [-0.1, -0.05) is 0 Å². The Kier molecular flexibility index (Phi) is 4.15. The van der Waals surface area contributed by atoms with Gasteiger partial charge in [0.25, 0.3) is 5.24 Å². The zero-order valence-corrected chi connectivity index (χ0v) is 8.99. The molecule has 0 aliphatic rings. The number of carbonyl (C=O) groups excluding carboxylic acids is 1. The standard InChI is InChI=1S/C10H4ClFN4O/c11-10(17)8-3-6(1-2-9(8)12)15-16-7(4-13)5-14/h1-3,15H. The zero-order valence-electron chi connectivity index (χ0n) is 8.24. The fourth-order valence-electron chi connectivity index (χ4n) is 0.941. The zero-order chi connectivity index (χ0) is 12.8. The third-order valence-electron chi connectivity index (χ3n) is 1.69. The van der Waals surface area contributed by atoms with Crippen molar-refractivity contribution in [2.45, 2.75) is 0 Å². The van der Waals surface area contributed by atoms with E-state index in [0.717, 1.165) is 12.1 Å². The van der Waals surface area contributed by atoms with Gasteiger partial charge in [0.1, 0.15) is 18.0 Å². The SMILES string of the molecule is N#CC(C#N)=NNc1ccc(F)c(C(=O)Cl)c1. The van der Waals surface area contributed by atoms with Crippen LogP contribution in [0.2, 0.25) is 0 Å². The van der Waals surface area contributed by atoms with Gasteiger partial charge in [-0.2, -0.15) is 15.6 Å². The minimum atomic E-state index is -0.948. The number of hydrazone groups is 1. The Balaban J connectivity index is 3.00. The van der Waals surface area contributed by atoms with Gasteiger partial charge in [0.2, 0.25) is 5.71 Å². The molecule has 0 aliphatic heterocycles. The van der Waals surface area contributed by atoms with Crippen molar-refractivity contribution >= 4 is 28.2 Å². The molecule has 0 atom stereocenters. The van der Waals surface area contributed by atoms with Gasteiger partial charge in [-0.05, 0) is 29.8 Å². The number of nitrogens with zero attached hydrogens (tertiary/aromatic N) is 3. The first-order chi connectivity index (χ1) is 8.08. The van der Waals surface area contributed by atoms with Crippen molar-refractivity contribution < 1.29 is 9.18 Å². The maximum absolute atomic E-state index is 13.1. The fourth-order valence-corrected chi connectivity index (χ4v) is 1.09. The van der Waals surface area contributed by atoms with Crippen LogP contribution in [-0.2, 0) is 0 Å². The van der Waals surface area contributed by atoms with E-state index in [-0.39, 0.29) is 11.3 Å². The molecule has 0 aromatic heterocycles. The Morgan fingerprint density at radius 1 is 1.41 bits per heavy atom. The van der Waals surface area contributed by atoms with Gasteiger partial charge in [-0.25, -0.2) is 4.39 Å². The lowest BCUT2D eigenvalue weighted by Gasteiger charge is -2.02. The fraction of sp³-hybridized carbons (Fsp3) is 0. The van der Waals surface area contributed by atoms with Crippen LogP contribution in [0.25, 0.3) is 0 Å². The smallest absolute Gasteiger partial charge is 0.255 e. The molecule has 0 unspecified atom stereocenters. The van der Waals surface area contributed by atoms with E-state index in [4.69, 9.17) is 22.1 Å². The quantitative estimate of drug-likeness (QED) is 0.505. The molecule has 1 N–H and O–H groups in total. The number of hydrogen-bond acceptors (Lipinski definition) is 5. The van der Waals surface area contributed by atoms with E-state index in [0.29, 0.717) is 0 Å². The summed E-state index contributed by atoms with van der Waals surface area (Å²) >= 11 is 5.15. The number of carbonyl (C=O) groups is 1. The van der Waals surface area contributed by atoms with E-state index in [1.807, 2.05) is 0 Å². The molecule has 84 valence electrons. The summed E-state index contributed by atoms with van der Waals surface area (Å²) in [5.74, 6) is -0.764. The van der Waals surface area contributed by atoms with E-state index < -0.39 is 16.8 Å². The summed E-state index contributed by atoms with van der Waals surface area (Å²) < 4.78 is 13.1. The average molecular weight is 251 g/mol. The van der Waals surface area contributed by atoms with Crippen LogP contribution in [0, 0.1) is 28.5 Å². The molecule has 0 fully saturated rings. The third kappa shape index (κ3) is 3.26. The molecule has 1 rings (SSSR count). The highest BCUT2D eigenvalue weighted by Gasteiger charge is 2.09. The molecule has 0 aliphatic carbocycles. The number of benzene rings is 1. The molecule has 17 heavy (non-hydrogen) atoms. The summed E-state index contributed by atoms with van der Waals surface area (Å²) in [6.07, 6.45) is 0. The van der Waals surface area contributed by atoms with Gasteiger partial charge in [0.15, 0.2) is 0 Å². The normalized spacial score (nSPS) is 8.71. The molecule has 0 spiro atoms. The molecule has 0 bridgehead atoms. The van der Waals surface area contributed by atoms with E-state index in [1.54, 1.807) is 0 Å². The minimum absolute atomic E-state index is 0.235. The number of nitriles is 2. The first kappa shape index (κ1) is 12.6. The lowest BCUT2D eigenvalue weighted by Crippen LogP contribution is -1.99. The molecule has 0 saturated carbocycles. The molecule has 7 heteroatoms. The van der Waals surface area contributed by atoms with E-state index in [2.05, 4.69) is 10.5 Å². The third-order valence-corrected chi connectivity index (χ3v) is 1.89. The Morgan fingerprint density at radius 2 is 2.06 bits per heavy atom. The lowest BCUT2D eigenvalue weighted by atomic mass is 10.2. The highest BCUT2D eigenvalue weighted by molar-refractivity contribution is 6.67. The summed E-state index contributed by atoms with van der Waals surface area (Å²) in [7, 11) is 0. The van der Waals surface area contributed by atoms with Crippen LogP contribution in [0.1, 0.15) is 10.4 Å². The van der Waals surface area contributed by atoms with Crippen LogP contribution in [0.4, 0.5) is 10.1 Å². The van der Waals surface area contributed by atoms with Crippen molar-refractivity contribution in [1.82, 2.24) is 0 Å². The van der Waals surface area contributed by atoms with Crippen LogP contribution >= 0.6 is 11.6 Å². The summed E-state index contributed by atoms with van der Waals surface area (Å²) in [4.78, 5) is 10.8. The van der Waals surface area contributed by atoms with Crippen molar-refractivity contribution in [1.29, 1.82) is 10.5 Å². The van der Waals surface area contributed by atoms with E-state index in [9.17, 15) is 9.18 Å². The van der Waals surface area contributed by atoms with Crippen molar-refractivity contribution in [3.05, 3.63) is 29.6 Å². The van der Waals surface area contributed by atoms with Gasteiger partial charge >= 0.3 is 0 Å². The predicted octanol–water partition coefficient (Wildman–Crippen LogP) is 2.02. The van der Waals surface area contributed by atoms with Crippen molar-refractivity contribution in [3.63, 3.8) is 0 Å². The van der Waals surface area contributed by atoms with Crippen LogP contribution in [0.3, 0.4) is 0 Å². The van der Waals surface area contributed by atoms with Crippen molar-refractivity contribution in [2.75, 3.05) is 5.43 Å². The second-order valence-corrected chi connectivity index (χ2v) is 3.11. The Hall–Kier alpha value is -2.44. The summed E-state index contributed by atoms with van der Waals surface area (Å²) in [6, 6.07) is 6.49. The molecule has 0 saturated heterocycles. The second-order valence-electron chi connectivity index (χ2n) is 2.76. The summed E-state index contributed by atoms with van der Waals surface area (Å²) in [5, 5.41) is 19.3. The van der Waals surface area contributed by atoms with Gasteiger partial charge in [-0.3, -0.25) is 10.2 Å². The highest BCUT2D eigenvalue weighted by Crippen LogP contribution is 2.16. The monoisotopic (exact) mass is 250 g/mol. The maximum atomic E-state index is 13.1. The summed E-state index contributed by atoms with van der Waals surface area (Å²) in [6.45, 7) is 0. The van der Waals surface area contributed by atoms with Gasteiger partial charge in [0.05, 0.1) is 11.3 Å². The Bertz CT molecular complexity index is 555. The van der Waals surface area contributed by atoms with Gasteiger partial charge < -0.3 is 0 Å². The molecular weight excluding hydrogens is 247 g/mol.